The number of carbonyl (C=O) groups is 2. The van der Waals surface area contributed by atoms with Gasteiger partial charge in [0.1, 0.15) is 11.5 Å². The van der Waals surface area contributed by atoms with E-state index in [0.29, 0.717) is 22.6 Å². The van der Waals surface area contributed by atoms with E-state index in [-0.39, 0.29) is 11.5 Å². The van der Waals surface area contributed by atoms with E-state index >= 15 is 0 Å². The van der Waals surface area contributed by atoms with Crippen LogP contribution in [0.5, 0.6) is 0 Å². The number of pyridine rings is 1. The van der Waals surface area contributed by atoms with Crippen molar-refractivity contribution in [3.63, 3.8) is 0 Å². The monoisotopic (exact) mass is 512 g/mol. The van der Waals surface area contributed by atoms with Gasteiger partial charge in [0.05, 0.1) is 5.56 Å². The second-order valence-electron chi connectivity index (χ2n) is 12.2. The molecule has 2 heterocycles. The van der Waals surface area contributed by atoms with Crippen molar-refractivity contribution in [1.29, 1.82) is 0 Å². The number of aromatic amines is 1. The largest absolute Gasteiger partial charge is 0.478 e. The fraction of sp³-hybridized carbons (Fsp3) is 0.484. The first-order valence-corrected chi connectivity index (χ1v) is 13.9. The van der Waals surface area contributed by atoms with E-state index in [0.717, 1.165) is 58.8 Å². The lowest BCUT2D eigenvalue weighted by Gasteiger charge is -2.57. The smallest absolute Gasteiger partial charge is 0.335 e. The molecule has 7 nitrogen and oxygen atoms in total. The molecule has 0 radical (unpaired) electrons. The normalized spacial score (nSPS) is 25.5. The number of benzene rings is 1. The number of amides is 1. The third-order valence-electron chi connectivity index (χ3n) is 9.19. The molecule has 4 fully saturated rings. The Morgan fingerprint density at radius 2 is 1.71 bits per heavy atom. The van der Waals surface area contributed by atoms with Crippen molar-refractivity contribution >= 4 is 17.6 Å². The van der Waals surface area contributed by atoms with Crippen LogP contribution in [-0.4, -0.2) is 31.9 Å². The average molecular weight is 513 g/mol. The molecule has 0 spiro atoms. The Morgan fingerprint density at radius 3 is 2.34 bits per heavy atom. The van der Waals surface area contributed by atoms with Gasteiger partial charge >= 0.3 is 5.97 Å². The van der Waals surface area contributed by atoms with Gasteiger partial charge in [0, 0.05) is 28.3 Å². The first kappa shape index (κ1) is 24.8. The molecule has 1 aromatic carbocycles. The van der Waals surface area contributed by atoms with Crippen molar-refractivity contribution in [3.05, 3.63) is 64.2 Å². The highest BCUT2D eigenvalue weighted by Crippen LogP contribution is 2.61. The van der Waals surface area contributed by atoms with Gasteiger partial charge in [-0.3, -0.25) is 9.78 Å². The topological polar surface area (TPSA) is 108 Å². The van der Waals surface area contributed by atoms with Gasteiger partial charge in [-0.2, -0.15) is 0 Å². The molecule has 4 bridgehead atoms. The van der Waals surface area contributed by atoms with Gasteiger partial charge < -0.3 is 15.4 Å². The summed E-state index contributed by atoms with van der Waals surface area (Å²) < 4.78 is 0. The highest BCUT2D eigenvalue weighted by Gasteiger charge is 2.50. The Balaban J connectivity index is 1.32. The van der Waals surface area contributed by atoms with E-state index in [4.69, 9.17) is 4.98 Å². The molecule has 4 aliphatic rings. The number of hydrogen-bond donors (Lipinski definition) is 3. The van der Waals surface area contributed by atoms with Crippen LogP contribution in [0.25, 0.3) is 11.4 Å². The number of rotatable bonds is 7. The van der Waals surface area contributed by atoms with Crippen LogP contribution in [-0.2, 0) is 6.42 Å². The number of carboxylic acid groups (broad SMARTS) is 1. The quantitative estimate of drug-likeness (QED) is 0.335. The zero-order valence-corrected chi connectivity index (χ0v) is 22.4. The van der Waals surface area contributed by atoms with E-state index < -0.39 is 5.97 Å². The predicted octanol–water partition coefficient (Wildman–Crippen LogP) is 6.50. The van der Waals surface area contributed by atoms with Crippen LogP contribution in [0.3, 0.4) is 0 Å². The summed E-state index contributed by atoms with van der Waals surface area (Å²) >= 11 is 0. The summed E-state index contributed by atoms with van der Waals surface area (Å²) in [5.74, 6) is 1.95. The van der Waals surface area contributed by atoms with E-state index in [1.807, 2.05) is 26.8 Å². The maximum atomic E-state index is 13.6. The summed E-state index contributed by atoms with van der Waals surface area (Å²) in [4.78, 5) is 38.0. The number of nitrogens with one attached hydrogen (secondary N) is 2. The minimum absolute atomic E-state index is 0.129. The highest BCUT2D eigenvalue weighted by molar-refractivity contribution is 6.04. The molecule has 198 valence electrons. The minimum atomic E-state index is -1.03. The van der Waals surface area contributed by atoms with Gasteiger partial charge in [-0.15, -0.1) is 0 Å². The fourth-order valence-electron chi connectivity index (χ4n) is 8.18. The molecule has 3 N–H and O–H groups in total. The van der Waals surface area contributed by atoms with Crippen molar-refractivity contribution in [2.45, 2.75) is 72.1 Å². The highest BCUT2D eigenvalue weighted by atomic mass is 16.4. The molecule has 0 aliphatic heterocycles. The van der Waals surface area contributed by atoms with Gasteiger partial charge in [-0.1, -0.05) is 6.07 Å². The van der Waals surface area contributed by atoms with Gasteiger partial charge in [-0.25, -0.2) is 9.78 Å². The molecule has 4 saturated carbocycles. The number of imidazole rings is 1. The summed E-state index contributed by atoms with van der Waals surface area (Å²) in [7, 11) is 0. The number of aromatic nitrogens is 3. The number of nitrogens with zero attached hydrogens (tertiary/aromatic N) is 2. The molecule has 0 unspecified atom stereocenters. The first-order valence-electron chi connectivity index (χ1n) is 13.9. The van der Waals surface area contributed by atoms with Crippen LogP contribution >= 0.6 is 0 Å². The van der Waals surface area contributed by atoms with Crippen LogP contribution in [0.2, 0.25) is 0 Å². The fourth-order valence-corrected chi connectivity index (χ4v) is 8.18. The Hall–Kier alpha value is -3.48. The maximum Gasteiger partial charge on any atom is 0.335 e. The third-order valence-corrected chi connectivity index (χ3v) is 9.19. The summed E-state index contributed by atoms with van der Waals surface area (Å²) in [6.45, 7) is 6.00. The van der Waals surface area contributed by atoms with Crippen molar-refractivity contribution < 1.29 is 14.7 Å². The predicted molar refractivity (Wildman–Crippen MR) is 146 cm³/mol. The summed E-state index contributed by atoms with van der Waals surface area (Å²) in [6, 6.07) is 8.36. The van der Waals surface area contributed by atoms with Crippen molar-refractivity contribution in [2.75, 3.05) is 5.32 Å². The molecule has 4 aliphatic carbocycles. The Morgan fingerprint density at radius 1 is 1.03 bits per heavy atom. The minimum Gasteiger partial charge on any atom is -0.478 e. The van der Waals surface area contributed by atoms with E-state index in [1.54, 1.807) is 12.1 Å². The van der Waals surface area contributed by atoms with Crippen LogP contribution in [0.1, 0.15) is 88.4 Å². The third kappa shape index (κ3) is 4.63. The summed E-state index contributed by atoms with van der Waals surface area (Å²) in [5.41, 5.74) is 6.02. The molecule has 38 heavy (non-hydrogen) atoms. The lowest BCUT2D eigenvalue weighted by atomic mass is 9.48. The Kier molecular flexibility index (Phi) is 6.12. The van der Waals surface area contributed by atoms with Gasteiger partial charge in [0.2, 0.25) is 0 Å². The first-order chi connectivity index (χ1) is 18.2. The second-order valence-corrected chi connectivity index (χ2v) is 12.2. The number of carboxylic acids is 1. The van der Waals surface area contributed by atoms with Gasteiger partial charge in [0.15, 0.2) is 0 Å². The standard InChI is InChI=1S/C31H36N4O3/c1-17-9-18(2)32-19(3)26(17)28-34-25(7-8-31-14-20-10-21(15-31)12-22(11-20)16-31)27(35-28)29(36)33-24-6-4-5-23(13-24)30(37)38/h4-6,9,13,20-22H,7-8,10-12,14-16H2,1-3H3,(H,33,36)(H,34,35)(H,37,38). The zero-order chi connectivity index (χ0) is 26.6. The SMILES string of the molecule is Cc1cc(C)c(-c2nc(C(=O)Nc3cccc(C(=O)O)c3)c(CCC34CC5CC(CC(C5)C3)C4)[nH]2)c(C)n1. The molecule has 3 aromatic rings. The van der Waals surface area contributed by atoms with Crippen molar-refractivity contribution in [1.82, 2.24) is 15.0 Å². The lowest BCUT2D eigenvalue weighted by molar-refractivity contribution is -0.0570. The molecule has 0 saturated heterocycles. The molecular weight excluding hydrogens is 476 g/mol. The van der Waals surface area contributed by atoms with E-state index in [1.165, 1.54) is 50.7 Å². The number of anilines is 1. The Labute approximate surface area is 223 Å². The number of H-pyrrole nitrogens is 1. The summed E-state index contributed by atoms with van der Waals surface area (Å²) in [6.07, 6.45) is 10.0. The van der Waals surface area contributed by atoms with E-state index in [2.05, 4.69) is 15.3 Å². The number of carbonyl (C=O) groups excluding carboxylic acids is 1. The van der Waals surface area contributed by atoms with E-state index in [9.17, 15) is 14.7 Å². The number of hydrogen-bond acceptors (Lipinski definition) is 4. The second kappa shape index (κ2) is 9.37. The van der Waals surface area contributed by atoms with Crippen LogP contribution in [0.4, 0.5) is 5.69 Å². The zero-order valence-electron chi connectivity index (χ0n) is 22.4. The lowest BCUT2D eigenvalue weighted by Crippen LogP contribution is -2.46. The molecule has 2 aromatic heterocycles. The number of aryl methyl sites for hydroxylation is 4. The van der Waals surface area contributed by atoms with Gasteiger partial charge in [-0.05, 0) is 125 Å². The number of aromatic carboxylic acids is 1. The van der Waals surface area contributed by atoms with Crippen LogP contribution in [0.15, 0.2) is 30.3 Å². The summed E-state index contributed by atoms with van der Waals surface area (Å²) in [5, 5.41) is 12.2. The van der Waals surface area contributed by atoms with Crippen LogP contribution in [0, 0.1) is 43.9 Å². The molecule has 1 amide bonds. The molecule has 7 heteroatoms. The molecular formula is C31H36N4O3. The maximum absolute atomic E-state index is 13.6. The molecule has 0 atom stereocenters. The van der Waals surface area contributed by atoms with Gasteiger partial charge in [0.25, 0.3) is 5.91 Å². The van der Waals surface area contributed by atoms with Crippen molar-refractivity contribution in [3.8, 4) is 11.4 Å². The molecule has 7 rings (SSSR count). The van der Waals surface area contributed by atoms with Crippen LogP contribution < -0.4 is 5.32 Å². The Bertz CT molecular complexity index is 1360. The van der Waals surface area contributed by atoms with Crippen molar-refractivity contribution in [2.24, 2.45) is 23.2 Å². The average Bonchev–Trinajstić information content (AvgIpc) is 3.25.